The molecule has 0 radical (unpaired) electrons. The minimum atomic E-state index is -0.0201. The van der Waals surface area contributed by atoms with Crippen molar-refractivity contribution in [1.82, 2.24) is 19.1 Å². The van der Waals surface area contributed by atoms with Crippen molar-refractivity contribution in [3.05, 3.63) is 96.1 Å². The molecule has 0 aliphatic rings. The summed E-state index contributed by atoms with van der Waals surface area (Å²) in [6.07, 6.45) is 7.27. The van der Waals surface area contributed by atoms with Gasteiger partial charge in [0.1, 0.15) is 11.6 Å². The van der Waals surface area contributed by atoms with Gasteiger partial charge in [0.05, 0.1) is 11.4 Å². The van der Waals surface area contributed by atoms with Crippen molar-refractivity contribution >= 4 is 5.78 Å². The monoisotopic (exact) mass is 342 g/mol. The van der Waals surface area contributed by atoms with Gasteiger partial charge in [-0.15, -0.1) is 0 Å². The van der Waals surface area contributed by atoms with Crippen LogP contribution in [0.1, 0.15) is 27.6 Å². The number of aromatic nitrogens is 4. The predicted molar refractivity (Wildman–Crippen MR) is 100 cm³/mol. The van der Waals surface area contributed by atoms with E-state index in [1.807, 2.05) is 83.9 Å². The van der Waals surface area contributed by atoms with E-state index in [0.29, 0.717) is 11.1 Å². The summed E-state index contributed by atoms with van der Waals surface area (Å²) in [6, 6.07) is 15.1. The summed E-state index contributed by atoms with van der Waals surface area (Å²) < 4.78 is 3.93. The Balaban J connectivity index is 2.00. The number of imidazole rings is 2. The predicted octanol–water partition coefficient (Wildman–Crippen LogP) is 3.91. The minimum Gasteiger partial charge on any atom is -0.302 e. The normalized spacial score (nSPS) is 10.8. The van der Waals surface area contributed by atoms with Crippen LogP contribution in [0.5, 0.6) is 0 Å². The van der Waals surface area contributed by atoms with Gasteiger partial charge in [0.25, 0.3) is 0 Å². The summed E-state index contributed by atoms with van der Waals surface area (Å²) in [5.41, 5.74) is 2.98. The Hall–Kier alpha value is -3.47. The first-order valence-electron chi connectivity index (χ1n) is 8.40. The summed E-state index contributed by atoms with van der Waals surface area (Å²) in [7, 11) is 0. The standard InChI is InChI=1S/C21H18N4O/c1-15-22-11-13-24(15)19-10-6-9-18(20(19)25-14-12-23-16(25)2)21(26)17-7-4-3-5-8-17/h3-14H,1-2H3. The van der Waals surface area contributed by atoms with Gasteiger partial charge in [0, 0.05) is 35.9 Å². The number of carbonyl (C=O) groups excluding carboxylic acids is 1. The summed E-state index contributed by atoms with van der Waals surface area (Å²) in [5.74, 6) is 1.65. The lowest BCUT2D eigenvalue weighted by Crippen LogP contribution is -2.12. The van der Waals surface area contributed by atoms with Crippen LogP contribution in [0.15, 0.2) is 73.3 Å². The van der Waals surface area contributed by atoms with Crippen LogP contribution in [0, 0.1) is 13.8 Å². The van der Waals surface area contributed by atoms with Crippen LogP contribution in [0.25, 0.3) is 11.4 Å². The highest BCUT2D eigenvalue weighted by Gasteiger charge is 2.20. The summed E-state index contributed by atoms with van der Waals surface area (Å²) in [5, 5.41) is 0. The third-order valence-corrected chi connectivity index (χ3v) is 4.45. The fourth-order valence-corrected chi connectivity index (χ4v) is 3.15. The van der Waals surface area contributed by atoms with E-state index in [1.54, 1.807) is 12.4 Å². The lowest BCUT2D eigenvalue weighted by Gasteiger charge is -2.17. The Bertz CT molecular complexity index is 1080. The van der Waals surface area contributed by atoms with Gasteiger partial charge in [-0.3, -0.25) is 4.79 Å². The highest BCUT2D eigenvalue weighted by atomic mass is 16.1. The quantitative estimate of drug-likeness (QED) is 0.529. The molecule has 4 aromatic rings. The van der Waals surface area contributed by atoms with Gasteiger partial charge in [-0.1, -0.05) is 36.4 Å². The molecule has 0 amide bonds. The smallest absolute Gasteiger partial charge is 0.195 e. The van der Waals surface area contributed by atoms with E-state index in [4.69, 9.17) is 0 Å². The average Bonchev–Trinajstić information content (AvgIpc) is 3.29. The molecule has 0 bridgehead atoms. The van der Waals surface area contributed by atoms with Crippen molar-refractivity contribution in [1.29, 1.82) is 0 Å². The molecule has 0 spiro atoms. The highest BCUT2D eigenvalue weighted by Crippen LogP contribution is 2.27. The lowest BCUT2D eigenvalue weighted by atomic mass is 10.00. The molecule has 2 aromatic heterocycles. The topological polar surface area (TPSA) is 52.7 Å². The van der Waals surface area contributed by atoms with Crippen LogP contribution in [0.3, 0.4) is 0 Å². The molecule has 0 aliphatic heterocycles. The molecular weight excluding hydrogens is 324 g/mol. The van der Waals surface area contributed by atoms with Crippen LogP contribution in [0.4, 0.5) is 0 Å². The Morgan fingerprint density at radius 1 is 0.808 bits per heavy atom. The first-order chi connectivity index (χ1) is 12.7. The van der Waals surface area contributed by atoms with Gasteiger partial charge < -0.3 is 9.13 Å². The van der Waals surface area contributed by atoms with E-state index in [9.17, 15) is 4.79 Å². The van der Waals surface area contributed by atoms with Crippen molar-refractivity contribution in [2.45, 2.75) is 13.8 Å². The average molecular weight is 342 g/mol. The number of para-hydroxylation sites is 1. The number of hydrogen-bond donors (Lipinski definition) is 0. The maximum atomic E-state index is 13.2. The third kappa shape index (κ3) is 2.63. The first kappa shape index (κ1) is 16.0. The number of rotatable bonds is 4. The SMILES string of the molecule is Cc1nccn1-c1cccc(C(=O)c2ccccc2)c1-n1ccnc1C. The largest absolute Gasteiger partial charge is 0.302 e. The second kappa shape index (κ2) is 6.44. The molecule has 0 saturated heterocycles. The van der Waals surface area contributed by atoms with E-state index >= 15 is 0 Å². The second-order valence-corrected chi connectivity index (χ2v) is 6.06. The van der Waals surface area contributed by atoms with E-state index in [1.165, 1.54) is 0 Å². The van der Waals surface area contributed by atoms with Crippen LogP contribution >= 0.6 is 0 Å². The Morgan fingerprint density at radius 2 is 1.46 bits per heavy atom. The number of ketones is 1. The third-order valence-electron chi connectivity index (χ3n) is 4.45. The fourth-order valence-electron chi connectivity index (χ4n) is 3.15. The fraction of sp³-hybridized carbons (Fsp3) is 0.0952. The van der Waals surface area contributed by atoms with E-state index in [0.717, 1.165) is 23.0 Å². The zero-order valence-electron chi connectivity index (χ0n) is 14.6. The number of carbonyl (C=O) groups is 1. The minimum absolute atomic E-state index is 0.0201. The van der Waals surface area contributed by atoms with Gasteiger partial charge in [-0.25, -0.2) is 9.97 Å². The molecule has 2 aromatic carbocycles. The molecule has 26 heavy (non-hydrogen) atoms. The maximum absolute atomic E-state index is 13.2. The molecule has 0 atom stereocenters. The summed E-state index contributed by atoms with van der Waals surface area (Å²) in [4.78, 5) is 21.9. The zero-order valence-corrected chi connectivity index (χ0v) is 14.6. The number of aryl methyl sites for hydroxylation is 2. The Labute approximate surface area is 151 Å². The van der Waals surface area contributed by atoms with Crippen LogP contribution in [-0.4, -0.2) is 24.9 Å². The van der Waals surface area contributed by atoms with Gasteiger partial charge in [0.2, 0.25) is 0 Å². The Kier molecular flexibility index (Phi) is 3.97. The maximum Gasteiger partial charge on any atom is 0.195 e. The van der Waals surface area contributed by atoms with Crippen molar-refractivity contribution in [3.8, 4) is 11.4 Å². The highest BCUT2D eigenvalue weighted by molar-refractivity contribution is 6.12. The number of nitrogens with zero attached hydrogens (tertiary/aromatic N) is 4. The molecule has 2 heterocycles. The molecule has 0 saturated carbocycles. The molecule has 4 rings (SSSR count). The van der Waals surface area contributed by atoms with Crippen LogP contribution < -0.4 is 0 Å². The van der Waals surface area contributed by atoms with Crippen molar-refractivity contribution < 1.29 is 4.79 Å². The molecular formula is C21H18N4O. The van der Waals surface area contributed by atoms with Gasteiger partial charge in [-0.2, -0.15) is 0 Å². The molecule has 0 unspecified atom stereocenters. The molecule has 0 aliphatic carbocycles. The van der Waals surface area contributed by atoms with Crippen molar-refractivity contribution in [3.63, 3.8) is 0 Å². The summed E-state index contributed by atoms with van der Waals surface area (Å²) >= 11 is 0. The van der Waals surface area contributed by atoms with Crippen molar-refractivity contribution in [2.24, 2.45) is 0 Å². The van der Waals surface area contributed by atoms with Crippen molar-refractivity contribution in [2.75, 3.05) is 0 Å². The molecule has 5 nitrogen and oxygen atoms in total. The zero-order chi connectivity index (χ0) is 18.1. The van der Waals surface area contributed by atoms with E-state index in [2.05, 4.69) is 9.97 Å². The van der Waals surface area contributed by atoms with Gasteiger partial charge in [-0.05, 0) is 26.0 Å². The van der Waals surface area contributed by atoms with Crippen LogP contribution in [0.2, 0.25) is 0 Å². The Morgan fingerprint density at radius 3 is 2.08 bits per heavy atom. The lowest BCUT2D eigenvalue weighted by molar-refractivity contribution is 0.103. The van der Waals surface area contributed by atoms with Gasteiger partial charge in [0.15, 0.2) is 5.78 Å². The van der Waals surface area contributed by atoms with E-state index in [-0.39, 0.29) is 5.78 Å². The summed E-state index contributed by atoms with van der Waals surface area (Å²) in [6.45, 7) is 3.87. The number of benzene rings is 2. The van der Waals surface area contributed by atoms with Crippen LogP contribution in [-0.2, 0) is 0 Å². The van der Waals surface area contributed by atoms with Gasteiger partial charge >= 0.3 is 0 Å². The second-order valence-electron chi connectivity index (χ2n) is 6.06. The number of hydrogen-bond acceptors (Lipinski definition) is 3. The molecule has 5 heteroatoms. The molecule has 128 valence electrons. The van der Waals surface area contributed by atoms with E-state index < -0.39 is 0 Å². The first-order valence-corrected chi connectivity index (χ1v) is 8.40. The molecule has 0 N–H and O–H groups in total. The molecule has 0 fully saturated rings.